The Morgan fingerprint density at radius 2 is 2.21 bits per heavy atom. The molecule has 0 aliphatic rings. The van der Waals surface area contributed by atoms with E-state index in [1.165, 1.54) is 11.0 Å². The lowest BCUT2D eigenvalue weighted by Crippen LogP contribution is -2.31. The topological polar surface area (TPSA) is 69.0 Å². The van der Waals surface area contributed by atoms with Crippen LogP contribution in [0.4, 0.5) is 4.79 Å². The molecule has 0 saturated heterocycles. The summed E-state index contributed by atoms with van der Waals surface area (Å²) in [4.78, 5) is 19.8. The Bertz CT molecular complexity index is 558. The maximum atomic E-state index is 11.6. The molecule has 6 heteroatoms. The van der Waals surface area contributed by atoms with Gasteiger partial charge in [-0.25, -0.2) is 19.9 Å². The molecule has 0 aliphatic heterocycles. The van der Waals surface area contributed by atoms with E-state index in [9.17, 15) is 4.79 Å². The summed E-state index contributed by atoms with van der Waals surface area (Å²) in [5.74, 6) is 0. The maximum absolute atomic E-state index is 11.6. The number of hydrogen-bond donors (Lipinski definition) is 1. The van der Waals surface area contributed by atoms with E-state index in [2.05, 4.69) is 15.4 Å². The molecule has 19 heavy (non-hydrogen) atoms. The first-order chi connectivity index (χ1) is 8.94. The Labute approximate surface area is 111 Å². The summed E-state index contributed by atoms with van der Waals surface area (Å²) < 4.78 is 6.60. The Kier molecular flexibility index (Phi) is 3.50. The molecule has 0 atom stereocenters. The number of amides is 1. The Morgan fingerprint density at radius 3 is 2.84 bits per heavy atom. The average Bonchev–Trinajstić information content (AvgIpc) is 2.76. The molecule has 0 radical (unpaired) electrons. The van der Waals surface area contributed by atoms with Gasteiger partial charge < -0.3 is 4.74 Å². The molecule has 100 valence electrons. The van der Waals surface area contributed by atoms with Crippen molar-refractivity contribution in [2.45, 2.75) is 26.4 Å². The molecule has 0 aliphatic carbocycles. The van der Waals surface area contributed by atoms with Crippen LogP contribution in [0, 0.1) is 0 Å². The minimum absolute atomic E-state index is 0.525. The van der Waals surface area contributed by atoms with E-state index in [1.54, 1.807) is 18.6 Å². The highest BCUT2D eigenvalue weighted by molar-refractivity contribution is 5.76. The molecule has 0 saturated carbocycles. The summed E-state index contributed by atoms with van der Waals surface area (Å²) in [6, 6.07) is 3.72. The molecule has 2 aromatic heterocycles. The van der Waals surface area contributed by atoms with E-state index >= 15 is 0 Å². The van der Waals surface area contributed by atoms with Crippen molar-refractivity contribution in [2.24, 2.45) is 0 Å². The van der Waals surface area contributed by atoms with Gasteiger partial charge in [-0.1, -0.05) is 0 Å². The van der Waals surface area contributed by atoms with Crippen LogP contribution < -0.4 is 5.43 Å². The lowest BCUT2D eigenvalue weighted by Gasteiger charge is -2.19. The largest absolute Gasteiger partial charge is 0.443 e. The first-order valence-corrected chi connectivity index (χ1v) is 5.88. The molecule has 0 spiro atoms. The minimum Gasteiger partial charge on any atom is -0.443 e. The van der Waals surface area contributed by atoms with E-state index in [4.69, 9.17) is 4.74 Å². The van der Waals surface area contributed by atoms with E-state index in [0.717, 1.165) is 11.3 Å². The normalized spacial score (nSPS) is 11.1. The zero-order chi connectivity index (χ0) is 13.9. The van der Waals surface area contributed by atoms with Crippen molar-refractivity contribution in [3.8, 4) is 11.3 Å². The fourth-order valence-corrected chi connectivity index (χ4v) is 1.45. The molecule has 0 bridgehead atoms. The van der Waals surface area contributed by atoms with Gasteiger partial charge in [0.1, 0.15) is 11.9 Å². The van der Waals surface area contributed by atoms with Crippen LogP contribution in [0.2, 0.25) is 0 Å². The SMILES string of the molecule is CC(C)(C)OC(=O)Nn1cnc(-c2cccnc2)c1. The second kappa shape index (κ2) is 5.09. The quantitative estimate of drug-likeness (QED) is 0.900. The Hall–Kier alpha value is -2.37. The van der Waals surface area contributed by atoms with Crippen LogP contribution in [-0.2, 0) is 4.74 Å². The number of ether oxygens (including phenoxy) is 1. The third kappa shape index (κ3) is 3.80. The second-order valence-corrected chi connectivity index (χ2v) is 5.02. The van der Waals surface area contributed by atoms with Crippen molar-refractivity contribution in [3.63, 3.8) is 0 Å². The van der Waals surface area contributed by atoms with Crippen molar-refractivity contribution in [2.75, 3.05) is 5.43 Å². The number of carbonyl (C=O) groups excluding carboxylic acids is 1. The Balaban J connectivity index is 2.04. The minimum atomic E-state index is -0.531. The van der Waals surface area contributed by atoms with Gasteiger partial charge in [0.2, 0.25) is 0 Å². The number of carbonyl (C=O) groups is 1. The first kappa shape index (κ1) is 13.1. The number of imidazole rings is 1. The molecule has 1 amide bonds. The summed E-state index contributed by atoms with van der Waals surface area (Å²) in [6.45, 7) is 5.42. The smallest absolute Gasteiger partial charge is 0.426 e. The highest BCUT2D eigenvalue weighted by atomic mass is 16.6. The van der Waals surface area contributed by atoms with Crippen LogP contribution in [0.3, 0.4) is 0 Å². The lowest BCUT2D eigenvalue weighted by atomic mass is 10.2. The van der Waals surface area contributed by atoms with Crippen LogP contribution in [0.15, 0.2) is 37.1 Å². The summed E-state index contributed by atoms with van der Waals surface area (Å²) in [5.41, 5.74) is 3.64. The number of rotatable bonds is 2. The number of nitrogens with zero attached hydrogens (tertiary/aromatic N) is 3. The zero-order valence-electron chi connectivity index (χ0n) is 11.1. The highest BCUT2D eigenvalue weighted by Gasteiger charge is 2.16. The van der Waals surface area contributed by atoms with Gasteiger partial charge in [-0.05, 0) is 32.9 Å². The molecule has 0 unspecified atom stereocenters. The summed E-state index contributed by atoms with van der Waals surface area (Å²) in [7, 11) is 0. The molecule has 2 heterocycles. The molecule has 2 aromatic rings. The first-order valence-electron chi connectivity index (χ1n) is 5.88. The molecular formula is C13H16N4O2. The van der Waals surface area contributed by atoms with E-state index < -0.39 is 11.7 Å². The van der Waals surface area contributed by atoms with Gasteiger partial charge >= 0.3 is 6.09 Å². The van der Waals surface area contributed by atoms with E-state index in [1.807, 2.05) is 32.9 Å². The second-order valence-electron chi connectivity index (χ2n) is 5.02. The van der Waals surface area contributed by atoms with Crippen LogP contribution >= 0.6 is 0 Å². The van der Waals surface area contributed by atoms with Crippen LogP contribution in [0.1, 0.15) is 20.8 Å². The zero-order valence-corrected chi connectivity index (χ0v) is 11.1. The highest BCUT2D eigenvalue weighted by Crippen LogP contribution is 2.14. The third-order valence-corrected chi connectivity index (χ3v) is 2.16. The van der Waals surface area contributed by atoms with Gasteiger partial charge in [-0.2, -0.15) is 0 Å². The van der Waals surface area contributed by atoms with Gasteiger partial charge in [0.05, 0.1) is 11.9 Å². The number of aromatic nitrogens is 3. The van der Waals surface area contributed by atoms with Crippen molar-refractivity contribution in [3.05, 3.63) is 37.1 Å². The van der Waals surface area contributed by atoms with Gasteiger partial charge in [-0.15, -0.1) is 0 Å². The number of pyridine rings is 1. The van der Waals surface area contributed by atoms with Gasteiger partial charge in [0, 0.05) is 18.0 Å². The van der Waals surface area contributed by atoms with Crippen molar-refractivity contribution in [1.29, 1.82) is 0 Å². The monoisotopic (exact) mass is 260 g/mol. The molecule has 0 aromatic carbocycles. The predicted molar refractivity (Wildman–Crippen MR) is 71.1 cm³/mol. The van der Waals surface area contributed by atoms with Gasteiger partial charge in [0.25, 0.3) is 0 Å². The average molecular weight is 260 g/mol. The van der Waals surface area contributed by atoms with Crippen LogP contribution in [0.5, 0.6) is 0 Å². The van der Waals surface area contributed by atoms with Crippen molar-refractivity contribution >= 4 is 6.09 Å². The third-order valence-electron chi connectivity index (χ3n) is 2.16. The number of nitrogens with one attached hydrogen (secondary N) is 1. The summed E-state index contributed by atoms with van der Waals surface area (Å²) in [6.07, 6.45) is 6.08. The Morgan fingerprint density at radius 1 is 1.42 bits per heavy atom. The van der Waals surface area contributed by atoms with Gasteiger partial charge in [0.15, 0.2) is 0 Å². The molecule has 6 nitrogen and oxygen atoms in total. The molecule has 1 N–H and O–H groups in total. The van der Waals surface area contributed by atoms with Gasteiger partial charge in [-0.3, -0.25) is 4.98 Å². The fraction of sp³-hybridized carbons (Fsp3) is 0.308. The standard InChI is InChI=1S/C13H16N4O2/c1-13(2,3)19-12(18)16-17-8-11(15-9-17)10-5-4-6-14-7-10/h4-9H,1-3H3,(H,16,18). The number of hydrogen-bond acceptors (Lipinski definition) is 4. The van der Waals surface area contributed by atoms with E-state index in [0.29, 0.717) is 0 Å². The van der Waals surface area contributed by atoms with Crippen LogP contribution in [0.25, 0.3) is 11.3 Å². The fourth-order valence-electron chi connectivity index (χ4n) is 1.45. The predicted octanol–water partition coefficient (Wildman–Crippen LogP) is 2.42. The van der Waals surface area contributed by atoms with Crippen molar-refractivity contribution in [1.82, 2.24) is 14.6 Å². The molecular weight excluding hydrogens is 244 g/mol. The lowest BCUT2D eigenvalue weighted by molar-refractivity contribution is 0.0613. The summed E-state index contributed by atoms with van der Waals surface area (Å²) in [5, 5.41) is 0. The van der Waals surface area contributed by atoms with Crippen molar-refractivity contribution < 1.29 is 9.53 Å². The summed E-state index contributed by atoms with van der Waals surface area (Å²) >= 11 is 0. The molecule has 0 fully saturated rings. The van der Waals surface area contributed by atoms with E-state index in [-0.39, 0.29) is 0 Å². The molecule has 2 rings (SSSR count). The maximum Gasteiger partial charge on any atom is 0.426 e. The van der Waals surface area contributed by atoms with Crippen LogP contribution in [-0.4, -0.2) is 26.3 Å².